The summed E-state index contributed by atoms with van der Waals surface area (Å²) in [5.74, 6) is 0.505. The lowest BCUT2D eigenvalue weighted by Crippen LogP contribution is -2.46. The second kappa shape index (κ2) is 18.8. The number of halogens is 2. The van der Waals surface area contributed by atoms with Crippen molar-refractivity contribution in [1.82, 2.24) is 30.1 Å². The van der Waals surface area contributed by atoms with Gasteiger partial charge in [0.2, 0.25) is 0 Å². The highest BCUT2D eigenvalue weighted by Gasteiger charge is 2.24. The third-order valence-corrected chi connectivity index (χ3v) is 9.59. The number of hydrogen-bond donors (Lipinski definition) is 4. The molecule has 3 amide bonds. The molecule has 5 rings (SSSR count). The van der Waals surface area contributed by atoms with Crippen LogP contribution in [-0.2, 0) is 41.2 Å². The number of hydrazine groups is 1. The van der Waals surface area contributed by atoms with Gasteiger partial charge >= 0.3 is 12.1 Å². The van der Waals surface area contributed by atoms with E-state index in [1.807, 2.05) is 69.3 Å². The molecule has 59 heavy (non-hydrogen) atoms. The van der Waals surface area contributed by atoms with Crippen molar-refractivity contribution >= 4 is 47.4 Å². The number of pyridine rings is 1. The second-order valence-electron chi connectivity index (χ2n) is 15.8. The number of aromatic hydroxyl groups is 1. The molecule has 0 unspecified atom stereocenters. The maximum atomic E-state index is 13.6. The Morgan fingerprint density at radius 1 is 0.915 bits per heavy atom. The summed E-state index contributed by atoms with van der Waals surface area (Å²) in [7, 11) is 0. The van der Waals surface area contributed by atoms with E-state index in [1.165, 1.54) is 10.7 Å². The number of phenolic OH excluding ortho intramolecular Hbond substituents is 1. The number of aryl methyl sites for hydroxylation is 1. The van der Waals surface area contributed by atoms with Crippen molar-refractivity contribution in [2.24, 2.45) is 0 Å². The number of amides is 3. The van der Waals surface area contributed by atoms with Crippen LogP contribution >= 0.6 is 23.2 Å². The lowest BCUT2D eigenvalue weighted by Gasteiger charge is -2.26. The fraction of sp³-hybridized carbons (Fsp3) is 0.326. The number of nitrogens with zero attached hydrogens (tertiary/aromatic N) is 4. The number of phenols is 1. The highest BCUT2D eigenvalue weighted by Crippen LogP contribution is 2.30. The molecule has 0 fully saturated rings. The number of urea groups is 1. The molecule has 0 radical (unpaired) electrons. The molecule has 312 valence electrons. The van der Waals surface area contributed by atoms with Crippen LogP contribution in [0.5, 0.6) is 11.5 Å². The van der Waals surface area contributed by atoms with Crippen molar-refractivity contribution in [3.8, 4) is 17.2 Å². The maximum Gasteiger partial charge on any atom is 0.425 e. The SMILES string of the molecule is Cc1cc(OCc2ccccc2CNC(=O)Nc2cc(C(C)(C)C)nn2-c2ccc(Cl)c(O)c2)c(Cl)c(=O)n1Cc1cccc(CNN(CC=O)C(=O)OC(C)(C)C)c1. The number of ether oxygens (including phenoxy) is 2. The summed E-state index contributed by atoms with van der Waals surface area (Å²) in [6.07, 6.45) is -0.0610. The Morgan fingerprint density at radius 2 is 1.63 bits per heavy atom. The largest absolute Gasteiger partial charge is 0.506 e. The topological polar surface area (TPSA) is 169 Å². The van der Waals surface area contributed by atoms with E-state index in [1.54, 1.807) is 56.5 Å². The number of carbonyl (C=O) groups excluding carboxylic acids is 3. The molecule has 0 aliphatic carbocycles. The number of anilines is 1. The summed E-state index contributed by atoms with van der Waals surface area (Å²) in [6, 6.07) is 22.6. The van der Waals surface area contributed by atoms with Gasteiger partial charge in [0.15, 0.2) is 0 Å². The van der Waals surface area contributed by atoms with Crippen LogP contribution in [0.3, 0.4) is 0 Å². The van der Waals surface area contributed by atoms with Gasteiger partial charge in [-0.05, 0) is 62.1 Å². The lowest BCUT2D eigenvalue weighted by molar-refractivity contribution is -0.109. The third kappa shape index (κ3) is 11.9. The van der Waals surface area contributed by atoms with Gasteiger partial charge in [0, 0.05) is 42.4 Å². The van der Waals surface area contributed by atoms with Gasteiger partial charge in [-0.3, -0.25) is 10.1 Å². The zero-order chi connectivity index (χ0) is 43.1. The standard InChI is InChI=1S/C43H49Cl2N7O7/c1-27-19-35(38(45)39(55)50(27)25-29-12-10-11-28(20-29)23-47-51(17-18-53)41(57)59-43(5,6)7)58-26-31-14-9-8-13-30(31)24-46-40(56)48-37-22-36(42(2,3)4)49-52(37)32-15-16-33(44)34(54)21-32/h8-16,18-22,47,54H,17,23-26H2,1-7H3,(H2,46,48,56). The molecule has 14 nitrogen and oxygen atoms in total. The number of benzene rings is 3. The summed E-state index contributed by atoms with van der Waals surface area (Å²) in [5, 5.41) is 21.9. The molecule has 0 saturated heterocycles. The predicted molar refractivity (Wildman–Crippen MR) is 227 cm³/mol. The van der Waals surface area contributed by atoms with E-state index in [2.05, 4.69) is 21.2 Å². The first kappa shape index (κ1) is 44.3. The van der Waals surface area contributed by atoms with Crippen LogP contribution in [0, 0.1) is 6.92 Å². The number of carbonyl (C=O) groups is 3. The fourth-order valence-corrected chi connectivity index (χ4v) is 6.18. The molecule has 0 aliphatic rings. The summed E-state index contributed by atoms with van der Waals surface area (Å²) >= 11 is 12.6. The lowest BCUT2D eigenvalue weighted by atomic mass is 9.92. The molecule has 0 spiro atoms. The second-order valence-corrected chi connectivity index (χ2v) is 16.6. The summed E-state index contributed by atoms with van der Waals surface area (Å²) in [6.45, 7) is 13.5. The minimum Gasteiger partial charge on any atom is -0.506 e. The van der Waals surface area contributed by atoms with E-state index in [4.69, 9.17) is 32.7 Å². The molecule has 0 bridgehead atoms. The normalized spacial score (nSPS) is 11.5. The van der Waals surface area contributed by atoms with Crippen LogP contribution in [0.1, 0.15) is 75.2 Å². The van der Waals surface area contributed by atoms with E-state index >= 15 is 0 Å². The molecule has 16 heteroatoms. The van der Waals surface area contributed by atoms with Crippen molar-refractivity contribution in [3.05, 3.63) is 133 Å². The van der Waals surface area contributed by atoms with E-state index < -0.39 is 23.3 Å². The number of aromatic nitrogens is 3. The average molecular weight is 847 g/mol. The van der Waals surface area contributed by atoms with Crippen LogP contribution in [0.4, 0.5) is 15.4 Å². The molecule has 4 N–H and O–H groups in total. The number of hydrogen-bond acceptors (Lipinski definition) is 9. The van der Waals surface area contributed by atoms with Crippen LogP contribution in [0.25, 0.3) is 5.69 Å². The Morgan fingerprint density at radius 3 is 2.31 bits per heavy atom. The summed E-state index contributed by atoms with van der Waals surface area (Å²) < 4.78 is 14.6. The smallest absolute Gasteiger partial charge is 0.425 e. The molecule has 2 aromatic heterocycles. The maximum absolute atomic E-state index is 13.6. The average Bonchev–Trinajstić information content (AvgIpc) is 3.60. The molecule has 3 aromatic carbocycles. The minimum atomic E-state index is -0.729. The highest BCUT2D eigenvalue weighted by atomic mass is 35.5. The Labute approximate surface area is 353 Å². The quantitative estimate of drug-likeness (QED) is 0.0639. The van der Waals surface area contributed by atoms with Gasteiger partial charge in [-0.1, -0.05) is 92.5 Å². The number of rotatable bonds is 14. The molecule has 0 saturated carbocycles. The molecule has 5 aromatic rings. The molecular formula is C43H49Cl2N7O7. The summed E-state index contributed by atoms with van der Waals surface area (Å²) in [4.78, 5) is 50.5. The van der Waals surface area contributed by atoms with Crippen molar-refractivity contribution in [2.75, 3.05) is 11.9 Å². The van der Waals surface area contributed by atoms with E-state index in [-0.39, 0.29) is 59.7 Å². The Bertz CT molecular complexity index is 2380. The highest BCUT2D eigenvalue weighted by molar-refractivity contribution is 6.32. The number of nitrogens with one attached hydrogen (secondary N) is 3. The zero-order valence-corrected chi connectivity index (χ0v) is 35.6. The van der Waals surface area contributed by atoms with E-state index in [0.29, 0.717) is 23.5 Å². The van der Waals surface area contributed by atoms with Crippen LogP contribution in [-0.4, -0.2) is 55.0 Å². The molecular weight excluding hydrogens is 797 g/mol. The Kier molecular flexibility index (Phi) is 14.1. The third-order valence-electron chi connectivity index (χ3n) is 8.93. The monoisotopic (exact) mass is 845 g/mol. The molecule has 2 heterocycles. The van der Waals surface area contributed by atoms with Gasteiger partial charge < -0.3 is 29.3 Å². The zero-order valence-electron chi connectivity index (χ0n) is 34.1. The fourth-order valence-electron chi connectivity index (χ4n) is 5.85. The first-order chi connectivity index (χ1) is 27.8. The van der Waals surface area contributed by atoms with Gasteiger partial charge in [-0.25, -0.2) is 24.7 Å². The van der Waals surface area contributed by atoms with Crippen molar-refractivity contribution < 1.29 is 29.0 Å². The van der Waals surface area contributed by atoms with E-state index in [9.17, 15) is 24.3 Å². The van der Waals surface area contributed by atoms with E-state index in [0.717, 1.165) is 33.0 Å². The van der Waals surface area contributed by atoms with Crippen molar-refractivity contribution in [2.45, 2.75) is 85.7 Å². The van der Waals surface area contributed by atoms with Gasteiger partial charge in [0.05, 0.1) is 29.5 Å². The van der Waals surface area contributed by atoms with Gasteiger partial charge in [0.25, 0.3) is 5.56 Å². The Hall–Kier alpha value is -5.83. The molecule has 0 atom stereocenters. The Balaban J connectivity index is 1.23. The van der Waals surface area contributed by atoms with Gasteiger partial charge in [0.1, 0.15) is 40.8 Å². The first-order valence-electron chi connectivity index (χ1n) is 18.8. The first-order valence-corrected chi connectivity index (χ1v) is 19.6. The van der Waals surface area contributed by atoms with Crippen LogP contribution < -0.4 is 26.4 Å². The molecule has 0 aliphatic heterocycles. The van der Waals surface area contributed by atoms with Gasteiger partial charge in [-0.15, -0.1) is 0 Å². The predicted octanol–water partition coefficient (Wildman–Crippen LogP) is 8.04. The van der Waals surface area contributed by atoms with Crippen molar-refractivity contribution in [3.63, 3.8) is 0 Å². The summed E-state index contributed by atoms with van der Waals surface area (Å²) in [5.41, 5.74) is 6.50. The minimum absolute atomic E-state index is 0.0727. The van der Waals surface area contributed by atoms with Crippen LogP contribution in [0.2, 0.25) is 10.0 Å². The number of aldehydes is 1. The van der Waals surface area contributed by atoms with Crippen LogP contribution in [0.15, 0.2) is 83.7 Å². The van der Waals surface area contributed by atoms with Crippen molar-refractivity contribution in [1.29, 1.82) is 0 Å². The van der Waals surface area contributed by atoms with Gasteiger partial charge in [-0.2, -0.15) is 5.10 Å².